The smallest absolute Gasteiger partial charge is 0.410 e. The van der Waals surface area contributed by atoms with E-state index in [0.29, 0.717) is 33.1 Å². The van der Waals surface area contributed by atoms with Crippen LogP contribution < -0.4 is 5.32 Å². The van der Waals surface area contributed by atoms with Crippen molar-refractivity contribution in [1.82, 2.24) is 18.8 Å². The summed E-state index contributed by atoms with van der Waals surface area (Å²) in [4.78, 5) is 23.5. The Morgan fingerprint density at radius 2 is 1.71 bits per heavy atom. The van der Waals surface area contributed by atoms with Crippen molar-refractivity contribution in [1.29, 1.82) is 0 Å². The molecule has 216 valence electrons. The Labute approximate surface area is 245 Å². The lowest BCUT2D eigenvalue weighted by atomic mass is 9.90. The predicted octanol–water partition coefficient (Wildman–Crippen LogP) is 6.58. The van der Waals surface area contributed by atoms with Crippen molar-refractivity contribution in [3.8, 4) is 11.3 Å². The number of hydrogen-bond donors (Lipinski definition) is 1. The number of nitrogens with zero attached hydrogens (tertiary/aromatic N) is 4. The number of amides is 1. The van der Waals surface area contributed by atoms with E-state index in [4.69, 9.17) is 21.3 Å². The Balaban J connectivity index is 1.37. The van der Waals surface area contributed by atoms with Crippen LogP contribution in [0.15, 0.2) is 71.9 Å². The van der Waals surface area contributed by atoms with Gasteiger partial charge < -0.3 is 15.0 Å². The number of aromatic nitrogens is 3. The summed E-state index contributed by atoms with van der Waals surface area (Å²) in [6.07, 6.45) is 6.08. The maximum Gasteiger partial charge on any atom is 0.410 e. The van der Waals surface area contributed by atoms with Gasteiger partial charge in [0.2, 0.25) is 5.95 Å². The third-order valence-electron chi connectivity index (χ3n) is 7.24. The fourth-order valence-corrected chi connectivity index (χ4v) is 6.73. The highest BCUT2D eigenvalue weighted by Gasteiger charge is 2.30. The predicted molar refractivity (Wildman–Crippen MR) is 161 cm³/mol. The molecule has 1 fully saturated rings. The summed E-state index contributed by atoms with van der Waals surface area (Å²) in [5.41, 5.74) is 1.04. The van der Waals surface area contributed by atoms with Gasteiger partial charge in [0.05, 0.1) is 27.3 Å². The monoisotopic (exact) mass is 595 g/mol. The van der Waals surface area contributed by atoms with Gasteiger partial charge in [0.15, 0.2) is 0 Å². The lowest BCUT2D eigenvalue weighted by Gasteiger charge is -2.35. The number of hydrogen-bond acceptors (Lipinski definition) is 7. The first-order valence-corrected chi connectivity index (χ1v) is 15.4. The standard InChI is InChI=1S/C30H34ClN5O4S/c1-30(2,3)40-29(37)35(4)21-16-14-20(15-17-21)33-28-32-18-25(31)27(34-28)24-19-36(26-13-9-8-12-23(24)26)41(38,39)22-10-6-5-7-11-22/h5-13,18-21H,14-17H2,1-4H3,(H,32,33,34). The van der Waals surface area contributed by atoms with Crippen LogP contribution in [-0.2, 0) is 14.8 Å². The van der Waals surface area contributed by atoms with Crippen LogP contribution in [0.1, 0.15) is 46.5 Å². The molecular formula is C30H34ClN5O4S. The molecule has 2 heterocycles. The highest BCUT2D eigenvalue weighted by molar-refractivity contribution is 7.90. The number of carbonyl (C=O) groups is 1. The Morgan fingerprint density at radius 3 is 2.39 bits per heavy atom. The van der Waals surface area contributed by atoms with Gasteiger partial charge in [-0.2, -0.15) is 0 Å². The van der Waals surface area contributed by atoms with E-state index in [1.807, 2.05) is 32.9 Å². The average molecular weight is 596 g/mol. The zero-order valence-electron chi connectivity index (χ0n) is 23.5. The number of ether oxygens (including phenoxy) is 1. The molecule has 11 heteroatoms. The zero-order chi connectivity index (χ0) is 29.4. The second kappa shape index (κ2) is 11.3. The van der Waals surface area contributed by atoms with Crippen LogP contribution in [0.4, 0.5) is 10.7 Å². The minimum Gasteiger partial charge on any atom is -0.444 e. The molecule has 0 spiro atoms. The van der Waals surface area contributed by atoms with Gasteiger partial charge >= 0.3 is 6.09 Å². The molecule has 0 radical (unpaired) electrons. The molecule has 41 heavy (non-hydrogen) atoms. The van der Waals surface area contributed by atoms with Crippen molar-refractivity contribution in [2.45, 2.75) is 69.0 Å². The average Bonchev–Trinajstić information content (AvgIpc) is 3.34. The van der Waals surface area contributed by atoms with Crippen molar-refractivity contribution in [2.75, 3.05) is 12.4 Å². The van der Waals surface area contributed by atoms with E-state index in [2.05, 4.69) is 10.3 Å². The first-order chi connectivity index (χ1) is 19.4. The van der Waals surface area contributed by atoms with Gasteiger partial charge in [-0.25, -0.2) is 27.2 Å². The number of rotatable bonds is 6. The largest absolute Gasteiger partial charge is 0.444 e. The molecule has 1 aliphatic rings. The van der Waals surface area contributed by atoms with Gasteiger partial charge in [0.1, 0.15) is 5.60 Å². The SMILES string of the molecule is CN(C(=O)OC(C)(C)C)C1CCC(Nc2ncc(Cl)c(-c3cn(S(=O)(=O)c4ccccc4)c4ccccc34)n2)CC1. The van der Waals surface area contributed by atoms with E-state index in [1.54, 1.807) is 60.6 Å². The van der Waals surface area contributed by atoms with Crippen LogP contribution in [-0.4, -0.2) is 58.1 Å². The van der Waals surface area contributed by atoms with Crippen molar-refractivity contribution < 1.29 is 17.9 Å². The summed E-state index contributed by atoms with van der Waals surface area (Å²) >= 11 is 6.58. The third kappa shape index (κ3) is 6.18. The highest BCUT2D eigenvalue weighted by atomic mass is 35.5. The molecule has 0 aliphatic heterocycles. The second-order valence-corrected chi connectivity index (χ2v) is 13.5. The number of anilines is 1. The van der Waals surface area contributed by atoms with E-state index < -0.39 is 15.6 Å². The summed E-state index contributed by atoms with van der Waals surface area (Å²) in [6, 6.07) is 15.8. The van der Waals surface area contributed by atoms with Crippen LogP contribution in [0, 0.1) is 0 Å². The summed E-state index contributed by atoms with van der Waals surface area (Å²) in [5.74, 6) is 0.413. The third-order valence-corrected chi connectivity index (χ3v) is 9.20. The first-order valence-electron chi connectivity index (χ1n) is 13.6. The molecule has 0 atom stereocenters. The van der Waals surface area contributed by atoms with Crippen molar-refractivity contribution in [3.05, 3.63) is 72.0 Å². The molecule has 0 bridgehead atoms. The fraction of sp³-hybridized carbons (Fsp3) is 0.367. The van der Waals surface area contributed by atoms with Crippen LogP contribution in [0.2, 0.25) is 5.02 Å². The lowest BCUT2D eigenvalue weighted by Crippen LogP contribution is -2.43. The number of nitrogens with one attached hydrogen (secondary N) is 1. The molecule has 1 N–H and O–H groups in total. The molecule has 9 nitrogen and oxygen atoms in total. The summed E-state index contributed by atoms with van der Waals surface area (Å²) < 4.78 is 33.9. The first kappa shape index (κ1) is 28.9. The minimum atomic E-state index is -3.85. The summed E-state index contributed by atoms with van der Waals surface area (Å²) in [7, 11) is -2.06. The fourth-order valence-electron chi connectivity index (χ4n) is 5.14. The Bertz CT molecular complexity index is 1660. The lowest BCUT2D eigenvalue weighted by molar-refractivity contribution is 0.0185. The number of benzene rings is 2. The summed E-state index contributed by atoms with van der Waals surface area (Å²) in [5, 5.41) is 4.45. The Kier molecular flexibility index (Phi) is 7.98. The van der Waals surface area contributed by atoms with Gasteiger partial charge in [-0.3, -0.25) is 0 Å². The highest BCUT2D eigenvalue weighted by Crippen LogP contribution is 2.36. The summed E-state index contributed by atoms with van der Waals surface area (Å²) in [6.45, 7) is 5.58. The molecule has 1 amide bonds. The molecule has 1 saturated carbocycles. The normalized spacial score (nSPS) is 17.8. The zero-order valence-corrected chi connectivity index (χ0v) is 25.1. The molecule has 4 aromatic rings. The topological polar surface area (TPSA) is 106 Å². The van der Waals surface area contributed by atoms with Crippen LogP contribution in [0.3, 0.4) is 0 Å². The number of para-hydroxylation sites is 1. The van der Waals surface area contributed by atoms with Gasteiger partial charge in [-0.05, 0) is 64.7 Å². The maximum absolute atomic E-state index is 13.5. The van der Waals surface area contributed by atoms with E-state index in [1.165, 1.54) is 10.2 Å². The molecule has 0 saturated heterocycles. The second-order valence-electron chi connectivity index (χ2n) is 11.3. The van der Waals surface area contributed by atoms with Crippen molar-refractivity contribution in [2.24, 2.45) is 0 Å². The molecule has 2 aromatic carbocycles. The molecule has 0 unspecified atom stereocenters. The maximum atomic E-state index is 13.5. The number of fused-ring (bicyclic) bond motifs is 1. The van der Waals surface area contributed by atoms with Crippen molar-refractivity contribution in [3.63, 3.8) is 0 Å². The molecular weight excluding hydrogens is 562 g/mol. The van der Waals surface area contributed by atoms with E-state index >= 15 is 0 Å². The minimum absolute atomic E-state index is 0.0993. The van der Waals surface area contributed by atoms with Gasteiger partial charge in [-0.15, -0.1) is 0 Å². The Morgan fingerprint density at radius 1 is 1.05 bits per heavy atom. The van der Waals surface area contributed by atoms with Crippen LogP contribution in [0.5, 0.6) is 0 Å². The molecule has 5 rings (SSSR count). The van der Waals surface area contributed by atoms with E-state index in [-0.39, 0.29) is 23.1 Å². The van der Waals surface area contributed by atoms with Gasteiger partial charge in [0, 0.05) is 36.3 Å². The Hall–Kier alpha value is -3.63. The van der Waals surface area contributed by atoms with E-state index in [0.717, 1.165) is 25.7 Å². The van der Waals surface area contributed by atoms with Crippen molar-refractivity contribution >= 4 is 44.6 Å². The molecule has 1 aliphatic carbocycles. The van der Waals surface area contributed by atoms with Gasteiger partial charge in [0.25, 0.3) is 10.0 Å². The van der Waals surface area contributed by atoms with Gasteiger partial charge in [-0.1, -0.05) is 48.0 Å². The quantitative estimate of drug-likeness (QED) is 0.268. The number of halogens is 1. The number of carbonyl (C=O) groups excluding carboxylic acids is 1. The molecule has 2 aromatic heterocycles. The van der Waals surface area contributed by atoms with E-state index in [9.17, 15) is 13.2 Å². The van der Waals surface area contributed by atoms with Crippen LogP contribution in [0.25, 0.3) is 22.2 Å². The van der Waals surface area contributed by atoms with Crippen LogP contribution >= 0.6 is 11.6 Å².